The molecule has 22 heavy (non-hydrogen) atoms. The summed E-state index contributed by atoms with van der Waals surface area (Å²) >= 11 is 0. The zero-order chi connectivity index (χ0) is 15.5. The van der Waals surface area contributed by atoms with E-state index in [1.54, 1.807) is 6.07 Å². The summed E-state index contributed by atoms with van der Waals surface area (Å²) in [6.07, 6.45) is 10.3. The molecular weight excluding hydrogens is 279 g/mol. The fraction of sp³-hybridized carbons (Fsp3) is 0.579. The zero-order valence-electron chi connectivity index (χ0n) is 13.5. The van der Waals surface area contributed by atoms with E-state index in [-0.39, 0.29) is 11.9 Å². The lowest BCUT2D eigenvalue weighted by Gasteiger charge is -2.29. The minimum atomic E-state index is -0.327. The molecule has 0 N–H and O–H groups in total. The van der Waals surface area contributed by atoms with Crippen molar-refractivity contribution in [2.24, 2.45) is 5.92 Å². The zero-order valence-corrected chi connectivity index (χ0v) is 13.5. The molecule has 2 nitrogen and oxygen atoms in total. The predicted molar refractivity (Wildman–Crippen MR) is 86.1 cm³/mol. The van der Waals surface area contributed by atoms with Gasteiger partial charge in [-0.2, -0.15) is 4.39 Å². The van der Waals surface area contributed by atoms with Crippen molar-refractivity contribution in [1.82, 2.24) is 0 Å². The SMILES string of the molecule is CCC/C=C\C1CC[C@H]2c3ccc(OCC)c(F)c3O[C@@H]2C1. The second kappa shape index (κ2) is 6.72. The molecular formula is C19H25FO2. The lowest BCUT2D eigenvalue weighted by molar-refractivity contribution is 0.139. The normalized spacial score (nSPS) is 26.6. The molecule has 0 radical (unpaired) electrons. The Labute approximate surface area is 132 Å². The van der Waals surface area contributed by atoms with Crippen molar-refractivity contribution < 1.29 is 13.9 Å². The van der Waals surface area contributed by atoms with Crippen LogP contribution in [0.15, 0.2) is 24.3 Å². The standard InChI is InChI=1S/C19H25FO2/c1-3-5-6-7-13-8-9-14-15-10-11-16(21-4-2)18(20)19(15)22-17(14)12-13/h6-7,10-11,13-14,17H,3-5,8-9,12H2,1-2H3/b7-6-/t13?,14-,17+/m0/s1. The molecule has 3 rings (SSSR count). The van der Waals surface area contributed by atoms with Gasteiger partial charge < -0.3 is 9.47 Å². The number of allylic oxidation sites excluding steroid dienone is 2. The fourth-order valence-electron chi connectivity index (χ4n) is 3.66. The topological polar surface area (TPSA) is 18.5 Å². The Morgan fingerprint density at radius 1 is 1.32 bits per heavy atom. The Morgan fingerprint density at radius 2 is 2.18 bits per heavy atom. The Morgan fingerprint density at radius 3 is 2.95 bits per heavy atom. The molecule has 0 aromatic heterocycles. The van der Waals surface area contributed by atoms with E-state index in [0.717, 1.165) is 24.8 Å². The summed E-state index contributed by atoms with van der Waals surface area (Å²) in [6.45, 7) is 4.52. The second-order valence-corrected chi connectivity index (χ2v) is 6.28. The molecule has 1 saturated carbocycles. The molecule has 3 atom stereocenters. The molecule has 1 aromatic rings. The lowest BCUT2D eigenvalue weighted by atomic mass is 9.77. The second-order valence-electron chi connectivity index (χ2n) is 6.28. The van der Waals surface area contributed by atoms with Gasteiger partial charge in [0.1, 0.15) is 6.10 Å². The molecule has 0 spiro atoms. The van der Waals surface area contributed by atoms with Crippen molar-refractivity contribution in [2.45, 2.75) is 58.0 Å². The molecule has 1 aliphatic heterocycles. The quantitative estimate of drug-likeness (QED) is 0.694. The van der Waals surface area contributed by atoms with Gasteiger partial charge in [-0.25, -0.2) is 0 Å². The highest BCUT2D eigenvalue weighted by Gasteiger charge is 2.40. The van der Waals surface area contributed by atoms with Gasteiger partial charge in [0.05, 0.1) is 6.61 Å². The summed E-state index contributed by atoms with van der Waals surface area (Å²) in [5, 5.41) is 0. The van der Waals surface area contributed by atoms with E-state index in [9.17, 15) is 4.39 Å². The summed E-state index contributed by atoms with van der Waals surface area (Å²) in [6, 6.07) is 3.73. The maximum atomic E-state index is 14.5. The third-order valence-corrected chi connectivity index (χ3v) is 4.76. The smallest absolute Gasteiger partial charge is 0.207 e. The van der Waals surface area contributed by atoms with E-state index >= 15 is 0 Å². The molecule has 120 valence electrons. The van der Waals surface area contributed by atoms with Gasteiger partial charge >= 0.3 is 0 Å². The molecule has 0 amide bonds. The van der Waals surface area contributed by atoms with E-state index in [2.05, 4.69) is 19.1 Å². The largest absolute Gasteiger partial charge is 0.491 e. The molecule has 1 unspecified atom stereocenters. The van der Waals surface area contributed by atoms with Crippen molar-refractivity contribution in [3.05, 3.63) is 35.7 Å². The number of ether oxygens (including phenoxy) is 2. The monoisotopic (exact) mass is 304 g/mol. The van der Waals surface area contributed by atoms with Crippen LogP contribution >= 0.6 is 0 Å². The molecule has 1 aromatic carbocycles. The van der Waals surface area contributed by atoms with E-state index in [1.807, 2.05) is 13.0 Å². The van der Waals surface area contributed by atoms with Crippen LogP contribution in [0.3, 0.4) is 0 Å². The van der Waals surface area contributed by atoms with Gasteiger partial charge in [0.25, 0.3) is 0 Å². The van der Waals surface area contributed by atoms with Crippen LogP contribution in [0.1, 0.15) is 57.4 Å². The summed E-state index contributed by atoms with van der Waals surface area (Å²) in [7, 11) is 0. The fourth-order valence-corrected chi connectivity index (χ4v) is 3.66. The van der Waals surface area contributed by atoms with E-state index in [4.69, 9.17) is 9.47 Å². The molecule has 2 aliphatic rings. The van der Waals surface area contributed by atoms with Gasteiger partial charge in [-0.1, -0.05) is 31.6 Å². The minimum Gasteiger partial charge on any atom is -0.491 e. The number of rotatable bonds is 5. The first kappa shape index (κ1) is 15.4. The number of benzene rings is 1. The van der Waals surface area contributed by atoms with E-state index in [1.165, 1.54) is 12.8 Å². The van der Waals surface area contributed by atoms with Crippen LogP contribution in [0.5, 0.6) is 11.5 Å². The number of hydrogen-bond acceptors (Lipinski definition) is 2. The van der Waals surface area contributed by atoms with Gasteiger partial charge in [-0.3, -0.25) is 0 Å². The van der Waals surface area contributed by atoms with Gasteiger partial charge in [0.2, 0.25) is 5.82 Å². The molecule has 0 saturated heterocycles. The van der Waals surface area contributed by atoms with Gasteiger partial charge in [0.15, 0.2) is 11.5 Å². The van der Waals surface area contributed by atoms with Crippen LogP contribution in [-0.4, -0.2) is 12.7 Å². The van der Waals surface area contributed by atoms with Crippen molar-refractivity contribution in [2.75, 3.05) is 6.61 Å². The van der Waals surface area contributed by atoms with E-state index < -0.39 is 0 Å². The predicted octanol–water partition coefficient (Wildman–Crippen LogP) is 5.23. The highest BCUT2D eigenvalue weighted by Crippen LogP contribution is 2.49. The summed E-state index contributed by atoms with van der Waals surface area (Å²) < 4.78 is 25.8. The van der Waals surface area contributed by atoms with Crippen molar-refractivity contribution in [1.29, 1.82) is 0 Å². The van der Waals surface area contributed by atoms with Crippen LogP contribution in [0.4, 0.5) is 4.39 Å². The molecule has 0 bridgehead atoms. The maximum absolute atomic E-state index is 14.5. The average Bonchev–Trinajstić information content (AvgIpc) is 2.89. The highest BCUT2D eigenvalue weighted by molar-refractivity contribution is 5.48. The third-order valence-electron chi connectivity index (χ3n) is 4.76. The number of unbranched alkanes of at least 4 members (excludes halogenated alkanes) is 1. The third kappa shape index (κ3) is 2.86. The molecule has 1 aliphatic carbocycles. The Hall–Kier alpha value is -1.51. The Balaban J connectivity index is 1.74. The van der Waals surface area contributed by atoms with Gasteiger partial charge in [0, 0.05) is 11.5 Å². The van der Waals surface area contributed by atoms with Gasteiger partial charge in [-0.05, 0) is 44.6 Å². The Bertz CT molecular complexity index is 553. The van der Waals surface area contributed by atoms with Crippen LogP contribution < -0.4 is 9.47 Å². The van der Waals surface area contributed by atoms with Gasteiger partial charge in [-0.15, -0.1) is 0 Å². The highest BCUT2D eigenvalue weighted by atomic mass is 19.1. The first-order valence-electron chi connectivity index (χ1n) is 8.53. The summed E-state index contributed by atoms with van der Waals surface area (Å²) in [5.41, 5.74) is 1.03. The van der Waals surface area contributed by atoms with Crippen LogP contribution in [0.2, 0.25) is 0 Å². The first-order valence-corrected chi connectivity index (χ1v) is 8.53. The van der Waals surface area contributed by atoms with Crippen molar-refractivity contribution >= 4 is 0 Å². The maximum Gasteiger partial charge on any atom is 0.207 e. The number of hydrogen-bond donors (Lipinski definition) is 0. The van der Waals surface area contributed by atoms with Crippen molar-refractivity contribution in [3.8, 4) is 11.5 Å². The summed E-state index contributed by atoms with van der Waals surface area (Å²) in [5.74, 6) is 1.32. The van der Waals surface area contributed by atoms with Crippen LogP contribution in [0.25, 0.3) is 0 Å². The van der Waals surface area contributed by atoms with E-state index in [0.29, 0.717) is 29.9 Å². The average molecular weight is 304 g/mol. The number of halogens is 1. The van der Waals surface area contributed by atoms with Crippen molar-refractivity contribution in [3.63, 3.8) is 0 Å². The summed E-state index contributed by atoms with van der Waals surface area (Å²) in [4.78, 5) is 0. The Kier molecular flexibility index (Phi) is 4.70. The molecule has 1 heterocycles. The number of fused-ring (bicyclic) bond motifs is 3. The molecule has 1 fully saturated rings. The van der Waals surface area contributed by atoms with Crippen LogP contribution in [0, 0.1) is 11.7 Å². The van der Waals surface area contributed by atoms with Crippen LogP contribution in [-0.2, 0) is 0 Å². The molecule has 3 heteroatoms. The first-order chi connectivity index (χ1) is 10.7. The lowest BCUT2D eigenvalue weighted by Crippen LogP contribution is -2.27. The minimum absolute atomic E-state index is 0.117.